The summed E-state index contributed by atoms with van der Waals surface area (Å²) in [5.74, 6) is -0.854. The summed E-state index contributed by atoms with van der Waals surface area (Å²) in [4.78, 5) is 15.1. The molecule has 0 unspecified atom stereocenters. The average molecular weight is 256 g/mol. The highest BCUT2D eigenvalue weighted by atomic mass is 19.4. The minimum Gasteiger partial charge on any atom is -0.459 e. The molecule has 0 radical (unpaired) electrons. The lowest BCUT2D eigenvalue weighted by Gasteiger charge is -2.08. The van der Waals surface area contributed by atoms with Gasteiger partial charge >= 0.3 is 6.18 Å². The molecule has 0 aromatic carbocycles. The largest absolute Gasteiger partial charge is 0.459 e. The first-order chi connectivity index (χ1) is 8.47. The molecule has 0 bridgehead atoms. The lowest BCUT2D eigenvalue weighted by Crippen LogP contribution is -2.13. The van der Waals surface area contributed by atoms with E-state index in [2.05, 4.69) is 10.3 Å². The maximum atomic E-state index is 12.4. The lowest BCUT2D eigenvalue weighted by atomic mass is 10.2. The smallest absolute Gasteiger partial charge is 0.416 e. The monoisotopic (exact) mass is 256 g/mol. The third-order valence-corrected chi connectivity index (χ3v) is 2.07. The standard InChI is InChI=1S/C11H7F3N2O2/c12-11(13,14)7-3-4-15-9(6-7)16-10(17)8-2-1-5-18-8/h1-6H,(H,15,16,17). The van der Waals surface area contributed by atoms with Crippen molar-refractivity contribution >= 4 is 11.7 Å². The number of alkyl halides is 3. The Bertz CT molecular complexity index is 550. The average Bonchev–Trinajstić information content (AvgIpc) is 2.81. The van der Waals surface area contributed by atoms with E-state index in [-0.39, 0.29) is 11.6 Å². The first-order valence-corrected chi connectivity index (χ1v) is 4.85. The summed E-state index contributed by atoms with van der Waals surface area (Å²) in [7, 11) is 0. The molecule has 94 valence electrons. The van der Waals surface area contributed by atoms with Crippen LogP contribution in [0.25, 0.3) is 0 Å². The van der Waals surface area contributed by atoms with Crippen LogP contribution in [-0.2, 0) is 6.18 Å². The topological polar surface area (TPSA) is 55.1 Å². The zero-order chi connectivity index (χ0) is 13.2. The predicted octanol–water partition coefficient (Wildman–Crippen LogP) is 2.95. The van der Waals surface area contributed by atoms with Crippen molar-refractivity contribution in [2.24, 2.45) is 0 Å². The van der Waals surface area contributed by atoms with Gasteiger partial charge in [0.25, 0.3) is 5.91 Å². The van der Waals surface area contributed by atoms with E-state index in [0.717, 1.165) is 18.3 Å². The molecule has 0 fully saturated rings. The van der Waals surface area contributed by atoms with Crippen LogP contribution < -0.4 is 5.32 Å². The first-order valence-electron chi connectivity index (χ1n) is 4.85. The van der Waals surface area contributed by atoms with Gasteiger partial charge in [0.05, 0.1) is 11.8 Å². The molecule has 2 aromatic heterocycles. The number of pyridine rings is 1. The molecule has 2 rings (SSSR count). The van der Waals surface area contributed by atoms with Gasteiger partial charge in [0.2, 0.25) is 0 Å². The van der Waals surface area contributed by atoms with Crippen LogP contribution in [0.1, 0.15) is 16.1 Å². The van der Waals surface area contributed by atoms with Gasteiger partial charge in [-0.1, -0.05) is 0 Å². The van der Waals surface area contributed by atoms with Gasteiger partial charge < -0.3 is 9.73 Å². The maximum Gasteiger partial charge on any atom is 0.416 e. The Balaban J connectivity index is 2.18. The molecule has 1 N–H and O–H groups in total. The Labute approximate surface area is 99.4 Å². The molecule has 1 amide bonds. The Morgan fingerprint density at radius 2 is 2.11 bits per heavy atom. The zero-order valence-corrected chi connectivity index (χ0v) is 8.86. The molecule has 0 spiro atoms. The number of carbonyl (C=O) groups excluding carboxylic acids is 1. The second-order valence-corrected chi connectivity index (χ2v) is 3.36. The van der Waals surface area contributed by atoms with Crippen LogP contribution >= 0.6 is 0 Å². The normalized spacial score (nSPS) is 11.3. The maximum absolute atomic E-state index is 12.4. The summed E-state index contributed by atoms with van der Waals surface area (Å²) in [6, 6.07) is 4.46. The number of aromatic nitrogens is 1. The first kappa shape index (κ1) is 12.2. The van der Waals surface area contributed by atoms with Crippen molar-refractivity contribution in [2.45, 2.75) is 6.18 Å². The van der Waals surface area contributed by atoms with E-state index in [1.165, 1.54) is 18.4 Å². The third-order valence-electron chi connectivity index (χ3n) is 2.07. The summed E-state index contributed by atoms with van der Waals surface area (Å²) in [5.41, 5.74) is -0.882. The molecule has 0 saturated carbocycles. The van der Waals surface area contributed by atoms with Gasteiger partial charge in [-0.25, -0.2) is 4.98 Å². The number of nitrogens with one attached hydrogen (secondary N) is 1. The molecule has 2 heterocycles. The van der Waals surface area contributed by atoms with Gasteiger partial charge in [-0.05, 0) is 24.3 Å². The van der Waals surface area contributed by atoms with Crippen molar-refractivity contribution in [3.8, 4) is 0 Å². The highest BCUT2D eigenvalue weighted by Crippen LogP contribution is 2.29. The minimum absolute atomic E-state index is 0.00536. The van der Waals surface area contributed by atoms with E-state index < -0.39 is 17.6 Å². The van der Waals surface area contributed by atoms with E-state index in [0.29, 0.717) is 0 Å². The number of carbonyl (C=O) groups is 1. The molecule has 0 aliphatic rings. The van der Waals surface area contributed by atoms with Crippen molar-refractivity contribution in [1.29, 1.82) is 0 Å². The van der Waals surface area contributed by atoms with Gasteiger partial charge in [0, 0.05) is 6.20 Å². The fourth-order valence-corrected chi connectivity index (χ4v) is 1.26. The summed E-state index contributed by atoms with van der Waals surface area (Å²) in [6.45, 7) is 0. The van der Waals surface area contributed by atoms with Crippen LogP contribution in [0.5, 0.6) is 0 Å². The highest BCUT2D eigenvalue weighted by molar-refractivity contribution is 6.01. The molecular formula is C11H7F3N2O2. The van der Waals surface area contributed by atoms with E-state index in [9.17, 15) is 18.0 Å². The van der Waals surface area contributed by atoms with Crippen molar-refractivity contribution in [3.63, 3.8) is 0 Å². The van der Waals surface area contributed by atoms with Crippen molar-refractivity contribution < 1.29 is 22.4 Å². The fraction of sp³-hybridized carbons (Fsp3) is 0.0909. The van der Waals surface area contributed by atoms with Crippen LogP contribution in [0.4, 0.5) is 19.0 Å². The molecule has 18 heavy (non-hydrogen) atoms. The number of hydrogen-bond acceptors (Lipinski definition) is 3. The molecule has 7 heteroatoms. The predicted molar refractivity (Wildman–Crippen MR) is 55.9 cm³/mol. The number of amides is 1. The van der Waals surface area contributed by atoms with Crippen LogP contribution in [0.15, 0.2) is 41.1 Å². The minimum atomic E-state index is -4.48. The summed E-state index contributed by atoms with van der Waals surface area (Å²) >= 11 is 0. The number of furan rings is 1. The van der Waals surface area contributed by atoms with E-state index >= 15 is 0 Å². The summed E-state index contributed by atoms with van der Waals surface area (Å²) < 4.78 is 42.1. The quantitative estimate of drug-likeness (QED) is 0.898. The van der Waals surface area contributed by atoms with Crippen LogP contribution in [-0.4, -0.2) is 10.9 Å². The molecule has 0 aliphatic heterocycles. The second kappa shape index (κ2) is 4.52. The van der Waals surface area contributed by atoms with Gasteiger partial charge in [-0.2, -0.15) is 13.2 Å². The highest BCUT2D eigenvalue weighted by Gasteiger charge is 2.30. The molecule has 4 nitrogen and oxygen atoms in total. The van der Waals surface area contributed by atoms with Gasteiger partial charge in [-0.3, -0.25) is 4.79 Å². The van der Waals surface area contributed by atoms with E-state index in [4.69, 9.17) is 4.42 Å². The van der Waals surface area contributed by atoms with Gasteiger partial charge in [0.15, 0.2) is 5.76 Å². The third kappa shape index (κ3) is 2.68. The number of halogens is 3. The Hall–Kier alpha value is -2.31. The summed E-state index contributed by atoms with van der Waals surface area (Å²) in [6.07, 6.45) is -2.22. The molecule has 2 aromatic rings. The zero-order valence-electron chi connectivity index (χ0n) is 8.86. The van der Waals surface area contributed by atoms with Crippen molar-refractivity contribution in [3.05, 3.63) is 48.0 Å². The van der Waals surface area contributed by atoms with Crippen LogP contribution in [0, 0.1) is 0 Å². The Kier molecular flexibility index (Phi) is 3.05. The van der Waals surface area contributed by atoms with Crippen molar-refractivity contribution in [1.82, 2.24) is 4.98 Å². The Morgan fingerprint density at radius 1 is 1.33 bits per heavy atom. The SMILES string of the molecule is O=C(Nc1cc(C(F)(F)F)ccn1)c1ccco1. The molecular weight excluding hydrogens is 249 g/mol. The Morgan fingerprint density at radius 3 is 2.72 bits per heavy atom. The van der Waals surface area contributed by atoms with Crippen molar-refractivity contribution in [2.75, 3.05) is 5.32 Å². The number of hydrogen-bond donors (Lipinski definition) is 1. The van der Waals surface area contributed by atoms with Crippen LogP contribution in [0.2, 0.25) is 0 Å². The van der Waals surface area contributed by atoms with E-state index in [1.54, 1.807) is 0 Å². The lowest BCUT2D eigenvalue weighted by molar-refractivity contribution is -0.137. The molecule has 0 atom stereocenters. The number of anilines is 1. The second-order valence-electron chi connectivity index (χ2n) is 3.36. The fourth-order valence-electron chi connectivity index (χ4n) is 1.26. The summed E-state index contributed by atoms with van der Waals surface area (Å²) in [5, 5.41) is 2.21. The number of nitrogens with zero attached hydrogens (tertiary/aromatic N) is 1. The molecule has 0 aliphatic carbocycles. The molecule has 0 saturated heterocycles. The van der Waals surface area contributed by atoms with E-state index in [1.807, 2.05) is 0 Å². The van der Waals surface area contributed by atoms with Gasteiger partial charge in [-0.15, -0.1) is 0 Å². The number of rotatable bonds is 2. The van der Waals surface area contributed by atoms with Gasteiger partial charge in [0.1, 0.15) is 5.82 Å². The van der Waals surface area contributed by atoms with Crippen LogP contribution in [0.3, 0.4) is 0 Å².